The Morgan fingerprint density at radius 2 is 2.39 bits per heavy atom. The molecule has 1 aromatic carbocycles. The predicted octanol–water partition coefficient (Wildman–Crippen LogP) is 2.35. The largest absolute Gasteiger partial charge is 0.397 e. The highest BCUT2D eigenvalue weighted by Crippen LogP contribution is 2.22. The lowest BCUT2D eigenvalue weighted by Crippen LogP contribution is -2.28. The van der Waals surface area contributed by atoms with E-state index in [0.29, 0.717) is 21.6 Å². The van der Waals surface area contributed by atoms with Gasteiger partial charge in [-0.15, -0.1) is 0 Å². The highest BCUT2D eigenvalue weighted by atomic mass is 79.9. The molecule has 0 spiro atoms. The Hall–Kier alpha value is -1.52. The number of para-hydroxylation sites is 1. The number of nitriles is 1. The van der Waals surface area contributed by atoms with Crippen molar-refractivity contribution >= 4 is 45.3 Å². The summed E-state index contributed by atoms with van der Waals surface area (Å²) in [6.07, 6.45) is 0. The quantitative estimate of drug-likeness (QED) is 0.293. The van der Waals surface area contributed by atoms with E-state index in [-0.39, 0.29) is 11.7 Å². The third-order valence-corrected chi connectivity index (χ3v) is 3.28. The third kappa shape index (κ3) is 4.05. The number of nitrogens with zero attached hydrogens (tertiary/aromatic N) is 2. The molecule has 0 fully saturated rings. The van der Waals surface area contributed by atoms with Gasteiger partial charge in [0, 0.05) is 4.47 Å². The van der Waals surface area contributed by atoms with E-state index in [0.717, 1.165) is 11.9 Å². The molecule has 1 rings (SSSR count). The van der Waals surface area contributed by atoms with Crippen molar-refractivity contribution in [1.82, 2.24) is 5.32 Å². The van der Waals surface area contributed by atoms with Crippen LogP contribution in [-0.2, 0) is 0 Å². The Kier molecular flexibility index (Phi) is 5.68. The molecule has 0 aliphatic rings. The average molecular weight is 327 g/mol. The summed E-state index contributed by atoms with van der Waals surface area (Å²) in [5.41, 5.74) is 6.55. The van der Waals surface area contributed by atoms with Gasteiger partial charge in [0.1, 0.15) is 11.6 Å². The standard InChI is InChI=1S/C11H11BrN4OS/c1-7(16-18-6-5-13)15-11(17)8-3-2-4-9(12)10(8)14/h2-4H,6,14H2,1H3,(H,15,16,17). The van der Waals surface area contributed by atoms with Gasteiger partial charge in [0.15, 0.2) is 0 Å². The molecule has 3 N–H and O–H groups in total. The SMILES string of the molecule is C/C(=N\SCC#N)NC(=O)c1cccc(Br)c1N. The average Bonchev–Trinajstić information content (AvgIpc) is 2.32. The smallest absolute Gasteiger partial charge is 0.258 e. The van der Waals surface area contributed by atoms with Gasteiger partial charge in [-0.25, -0.2) is 4.40 Å². The van der Waals surface area contributed by atoms with Crippen LogP contribution in [0.2, 0.25) is 0 Å². The molecule has 1 amide bonds. The van der Waals surface area contributed by atoms with Gasteiger partial charge in [-0.2, -0.15) is 5.26 Å². The van der Waals surface area contributed by atoms with Gasteiger partial charge in [0.05, 0.1) is 17.3 Å². The number of benzene rings is 1. The first-order chi connectivity index (χ1) is 8.56. The number of carbonyl (C=O) groups is 1. The monoisotopic (exact) mass is 326 g/mol. The number of anilines is 1. The normalized spacial score (nSPS) is 10.8. The third-order valence-electron chi connectivity index (χ3n) is 1.92. The van der Waals surface area contributed by atoms with Crippen LogP contribution >= 0.6 is 27.9 Å². The number of nitrogens with one attached hydrogen (secondary N) is 1. The van der Waals surface area contributed by atoms with Gasteiger partial charge in [-0.05, 0) is 46.9 Å². The minimum absolute atomic E-state index is 0.242. The lowest BCUT2D eigenvalue weighted by molar-refractivity contribution is 0.0978. The minimum atomic E-state index is -0.326. The predicted molar refractivity (Wildman–Crippen MR) is 77.2 cm³/mol. The molecule has 0 heterocycles. The Morgan fingerprint density at radius 3 is 3.06 bits per heavy atom. The summed E-state index contributed by atoms with van der Waals surface area (Å²) >= 11 is 4.33. The van der Waals surface area contributed by atoms with Crippen LogP contribution < -0.4 is 11.1 Å². The van der Waals surface area contributed by atoms with Gasteiger partial charge >= 0.3 is 0 Å². The number of rotatable bonds is 3. The van der Waals surface area contributed by atoms with Crippen molar-refractivity contribution in [3.05, 3.63) is 28.2 Å². The van der Waals surface area contributed by atoms with Crippen LogP contribution in [-0.4, -0.2) is 17.5 Å². The van der Waals surface area contributed by atoms with E-state index >= 15 is 0 Å². The van der Waals surface area contributed by atoms with Crippen molar-refractivity contribution in [2.75, 3.05) is 11.5 Å². The van der Waals surface area contributed by atoms with E-state index in [9.17, 15) is 4.79 Å². The summed E-state index contributed by atoms with van der Waals surface area (Å²) < 4.78 is 4.63. The lowest BCUT2D eigenvalue weighted by Gasteiger charge is -2.07. The van der Waals surface area contributed by atoms with E-state index in [2.05, 4.69) is 25.6 Å². The molecule has 0 aromatic heterocycles. The van der Waals surface area contributed by atoms with Crippen LogP contribution in [0.25, 0.3) is 0 Å². The zero-order chi connectivity index (χ0) is 13.5. The zero-order valence-electron chi connectivity index (χ0n) is 9.61. The highest BCUT2D eigenvalue weighted by Gasteiger charge is 2.11. The van der Waals surface area contributed by atoms with Crippen molar-refractivity contribution in [2.45, 2.75) is 6.92 Å². The van der Waals surface area contributed by atoms with Crippen LogP contribution in [0.5, 0.6) is 0 Å². The fourth-order valence-corrected chi connectivity index (χ4v) is 1.88. The fraction of sp³-hybridized carbons (Fsp3) is 0.182. The van der Waals surface area contributed by atoms with E-state index in [1.165, 1.54) is 0 Å². The maximum Gasteiger partial charge on any atom is 0.258 e. The Balaban J connectivity index is 2.74. The first kappa shape index (κ1) is 14.5. The molecule has 1 aromatic rings. The van der Waals surface area contributed by atoms with Gasteiger partial charge in [-0.1, -0.05) is 6.07 Å². The van der Waals surface area contributed by atoms with Crippen LogP contribution in [0.1, 0.15) is 17.3 Å². The van der Waals surface area contributed by atoms with Crippen molar-refractivity contribution in [3.8, 4) is 6.07 Å². The number of nitrogen functional groups attached to an aromatic ring is 1. The molecule has 0 aliphatic heterocycles. The molecule has 5 nitrogen and oxygen atoms in total. The molecule has 94 valence electrons. The highest BCUT2D eigenvalue weighted by molar-refractivity contribution is 9.10. The maximum absolute atomic E-state index is 11.9. The molecule has 0 bridgehead atoms. The second-order valence-electron chi connectivity index (χ2n) is 3.26. The van der Waals surface area contributed by atoms with Crippen molar-refractivity contribution in [2.24, 2.45) is 4.40 Å². The maximum atomic E-state index is 11.9. The number of halogens is 1. The molecule has 0 unspecified atom stereocenters. The molecule has 18 heavy (non-hydrogen) atoms. The zero-order valence-corrected chi connectivity index (χ0v) is 12.0. The van der Waals surface area contributed by atoms with E-state index in [1.54, 1.807) is 25.1 Å². The van der Waals surface area contributed by atoms with Crippen molar-refractivity contribution in [3.63, 3.8) is 0 Å². The molecule has 0 radical (unpaired) electrons. The second-order valence-corrected chi connectivity index (χ2v) is 4.85. The topological polar surface area (TPSA) is 91.3 Å². The Morgan fingerprint density at radius 1 is 1.67 bits per heavy atom. The Labute approximate surface area is 118 Å². The Bertz CT molecular complexity index is 524. The van der Waals surface area contributed by atoms with E-state index in [1.807, 2.05) is 6.07 Å². The number of amidine groups is 1. The summed E-state index contributed by atoms with van der Waals surface area (Å²) in [6.45, 7) is 1.65. The van der Waals surface area contributed by atoms with Crippen LogP contribution in [0.15, 0.2) is 27.1 Å². The summed E-state index contributed by atoms with van der Waals surface area (Å²) in [4.78, 5) is 11.9. The summed E-state index contributed by atoms with van der Waals surface area (Å²) in [5, 5.41) is 11.0. The van der Waals surface area contributed by atoms with Crippen LogP contribution in [0, 0.1) is 11.3 Å². The van der Waals surface area contributed by atoms with Crippen molar-refractivity contribution < 1.29 is 4.79 Å². The summed E-state index contributed by atoms with van der Waals surface area (Å²) in [7, 11) is 0. The van der Waals surface area contributed by atoms with Gasteiger partial charge in [0.2, 0.25) is 0 Å². The molecule has 0 atom stereocenters. The van der Waals surface area contributed by atoms with Gasteiger partial charge < -0.3 is 11.1 Å². The minimum Gasteiger partial charge on any atom is -0.397 e. The molecular formula is C11H11BrN4OS. The van der Waals surface area contributed by atoms with E-state index in [4.69, 9.17) is 11.0 Å². The summed E-state index contributed by atoms with van der Waals surface area (Å²) in [5.74, 6) is 0.346. The number of nitrogens with two attached hydrogens (primary N) is 1. The number of hydrogen-bond donors (Lipinski definition) is 2. The molecule has 0 aliphatic carbocycles. The van der Waals surface area contributed by atoms with Crippen LogP contribution in [0.3, 0.4) is 0 Å². The molecule has 0 saturated carbocycles. The van der Waals surface area contributed by atoms with Crippen molar-refractivity contribution in [1.29, 1.82) is 5.26 Å². The lowest BCUT2D eigenvalue weighted by atomic mass is 10.1. The second kappa shape index (κ2) is 7.03. The first-order valence-corrected chi connectivity index (χ1v) is 6.68. The molecular weight excluding hydrogens is 316 g/mol. The van der Waals surface area contributed by atoms with E-state index < -0.39 is 0 Å². The summed E-state index contributed by atoms with van der Waals surface area (Å²) in [6, 6.07) is 7.06. The molecule has 0 saturated heterocycles. The fourth-order valence-electron chi connectivity index (χ4n) is 1.15. The van der Waals surface area contributed by atoms with Gasteiger partial charge in [-0.3, -0.25) is 4.79 Å². The van der Waals surface area contributed by atoms with Crippen LogP contribution in [0.4, 0.5) is 5.69 Å². The molecule has 7 heteroatoms. The number of amides is 1. The number of carbonyl (C=O) groups excluding carboxylic acids is 1. The number of hydrogen-bond acceptors (Lipinski definition) is 5. The van der Waals surface area contributed by atoms with Gasteiger partial charge in [0.25, 0.3) is 5.91 Å². The first-order valence-electron chi connectivity index (χ1n) is 4.95.